The Morgan fingerprint density at radius 1 is 1.32 bits per heavy atom. The normalized spacial score (nSPS) is 24.8. The number of piperidine rings is 1. The van der Waals surface area contributed by atoms with E-state index in [1.807, 2.05) is 0 Å². The molecule has 0 radical (unpaired) electrons. The molecule has 1 aliphatic heterocycles. The monoisotopic (exact) mass is 262 g/mol. The summed E-state index contributed by atoms with van der Waals surface area (Å²) in [7, 11) is 0. The van der Waals surface area contributed by atoms with E-state index >= 15 is 0 Å². The molecule has 0 aromatic heterocycles. The van der Waals surface area contributed by atoms with Crippen LogP contribution in [0.1, 0.15) is 25.8 Å². The van der Waals surface area contributed by atoms with Gasteiger partial charge in [-0.15, -0.1) is 0 Å². The molecule has 19 heavy (non-hydrogen) atoms. The second kappa shape index (κ2) is 7.04. The van der Waals surface area contributed by atoms with Crippen molar-refractivity contribution in [2.24, 2.45) is 5.92 Å². The van der Waals surface area contributed by atoms with E-state index in [4.69, 9.17) is 0 Å². The van der Waals surface area contributed by atoms with Crippen LogP contribution in [-0.2, 0) is 6.54 Å². The third-order valence-electron chi connectivity index (χ3n) is 3.85. The number of aliphatic hydroxyl groups excluding tert-OH is 1. The Morgan fingerprint density at radius 2 is 2.05 bits per heavy atom. The quantitative estimate of drug-likeness (QED) is 0.850. The van der Waals surface area contributed by atoms with Crippen LogP contribution in [0.25, 0.3) is 0 Å². The molecular weight excluding hydrogens is 236 g/mol. The Morgan fingerprint density at radius 3 is 2.68 bits per heavy atom. The molecule has 0 bridgehead atoms. The molecule has 1 aromatic carbocycles. The maximum Gasteiger partial charge on any atom is 0.0486 e. The molecule has 2 atom stereocenters. The fourth-order valence-corrected chi connectivity index (χ4v) is 2.93. The summed E-state index contributed by atoms with van der Waals surface area (Å²) >= 11 is 0. The standard InChI is InChI=1S/C16H26N2O/c1-13(2)17-16-8-9-18(11-15(16)12-19)10-14-6-4-3-5-7-14/h3-7,13,15-17,19H,8-12H2,1-2H3/t15-,16+/m0/s1. The molecule has 106 valence electrons. The van der Waals surface area contributed by atoms with Crippen LogP contribution in [0, 0.1) is 5.92 Å². The fourth-order valence-electron chi connectivity index (χ4n) is 2.93. The lowest BCUT2D eigenvalue weighted by atomic mass is 9.92. The van der Waals surface area contributed by atoms with Gasteiger partial charge >= 0.3 is 0 Å². The van der Waals surface area contributed by atoms with E-state index in [-0.39, 0.29) is 6.61 Å². The van der Waals surface area contributed by atoms with Crippen molar-refractivity contribution in [1.29, 1.82) is 0 Å². The van der Waals surface area contributed by atoms with Gasteiger partial charge in [-0.25, -0.2) is 0 Å². The van der Waals surface area contributed by atoms with Crippen molar-refractivity contribution in [1.82, 2.24) is 10.2 Å². The van der Waals surface area contributed by atoms with Gasteiger partial charge in [0.2, 0.25) is 0 Å². The van der Waals surface area contributed by atoms with E-state index in [1.54, 1.807) is 0 Å². The van der Waals surface area contributed by atoms with Crippen LogP contribution in [0.3, 0.4) is 0 Å². The van der Waals surface area contributed by atoms with Crippen molar-refractivity contribution in [2.45, 2.75) is 38.9 Å². The Kier molecular flexibility index (Phi) is 5.37. The molecule has 0 amide bonds. The lowest BCUT2D eigenvalue weighted by molar-refractivity contribution is 0.0824. The number of aliphatic hydroxyl groups is 1. The SMILES string of the molecule is CC(C)N[C@@H]1CCN(Cc2ccccc2)C[C@H]1CO. The predicted octanol–water partition coefficient (Wildman–Crippen LogP) is 1.87. The summed E-state index contributed by atoms with van der Waals surface area (Å²) in [5, 5.41) is 13.2. The number of benzene rings is 1. The van der Waals surface area contributed by atoms with Crippen LogP contribution in [0.15, 0.2) is 30.3 Å². The van der Waals surface area contributed by atoms with Crippen LogP contribution in [0.2, 0.25) is 0 Å². The first-order valence-electron chi connectivity index (χ1n) is 7.32. The first kappa shape index (κ1) is 14.5. The summed E-state index contributed by atoms with van der Waals surface area (Å²) in [5.41, 5.74) is 1.36. The van der Waals surface area contributed by atoms with Gasteiger partial charge in [0.25, 0.3) is 0 Å². The van der Waals surface area contributed by atoms with Gasteiger partial charge in [-0.3, -0.25) is 4.90 Å². The number of nitrogens with zero attached hydrogens (tertiary/aromatic N) is 1. The van der Waals surface area contributed by atoms with Gasteiger partial charge in [-0.1, -0.05) is 44.2 Å². The highest BCUT2D eigenvalue weighted by Crippen LogP contribution is 2.19. The lowest BCUT2D eigenvalue weighted by Crippen LogP contribution is -2.52. The van der Waals surface area contributed by atoms with Crippen LogP contribution in [0.4, 0.5) is 0 Å². The molecule has 0 saturated carbocycles. The highest BCUT2D eigenvalue weighted by molar-refractivity contribution is 5.14. The summed E-state index contributed by atoms with van der Waals surface area (Å²) in [6, 6.07) is 11.5. The molecule has 0 spiro atoms. The molecular formula is C16H26N2O. The van der Waals surface area contributed by atoms with E-state index in [1.165, 1.54) is 5.56 Å². The lowest BCUT2D eigenvalue weighted by Gasteiger charge is -2.39. The fraction of sp³-hybridized carbons (Fsp3) is 0.625. The number of hydrogen-bond donors (Lipinski definition) is 2. The molecule has 1 saturated heterocycles. The first-order valence-corrected chi connectivity index (χ1v) is 7.32. The minimum atomic E-state index is 0.273. The van der Waals surface area contributed by atoms with E-state index in [0.29, 0.717) is 18.0 Å². The van der Waals surface area contributed by atoms with Crippen LogP contribution < -0.4 is 5.32 Å². The smallest absolute Gasteiger partial charge is 0.0486 e. The summed E-state index contributed by atoms with van der Waals surface area (Å²) in [4.78, 5) is 2.45. The highest BCUT2D eigenvalue weighted by Gasteiger charge is 2.28. The number of rotatable bonds is 5. The Bertz CT molecular complexity index is 366. The van der Waals surface area contributed by atoms with Crippen molar-refractivity contribution < 1.29 is 5.11 Å². The molecule has 2 N–H and O–H groups in total. The zero-order valence-corrected chi connectivity index (χ0v) is 12.0. The molecule has 1 fully saturated rings. The zero-order chi connectivity index (χ0) is 13.7. The van der Waals surface area contributed by atoms with Crippen molar-refractivity contribution in [3.05, 3.63) is 35.9 Å². The number of nitrogens with one attached hydrogen (secondary N) is 1. The van der Waals surface area contributed by atoms with Gasteiger partial charge in [-0.05, 0) is 18.5 Å². The van der Waals surface area contributed by atoms with E-state index < -0.39 is 0 Å². The molecule has 2 rings (SSSR count). The Balaban J connectivity index is 1.89. The third-order valence-corrected chi connectivity index (χ3v) is 3.85. The molecule has 1 aliphatic rings. The van der Waals surface area contributed by atoms with E-state index in [9.17, 15) is 5.11 Å². The predicted molar refractivity (Wildman–Crippen MR) is 79.0 cm³/mol. The number of hydrogen-bond acceptors (Lipinski definition) is 3. The van der Waals surface area contributed by atoms with Crippen molar-refractivity contribution >= 4 is 0 Å². The topological polar surface area (TPSA) is 35.5 Å². The summed E-state index contributed by atoms with van der Waals surface area (Å²) in [6.45, 7) is 7.70. The molecule has 1 aromatic rings. The minimum absolute atomic E-state index is 0.273. The summed E-state index contributed by atoms with van der Waals surface area (Å²) < 4.78 is 0. The van der Waals surface area contributed by atoms with E-state index in [2.05, 4.69) is 54.4 Å². The summed E-state index contributed by atoms with van der Waals surface area (Å²) in [5.74, 6) is 0.347. The average molecular weight is 262 g/mol. The second-order valence-corrected chi connectivity index (χ2v) is 5.88. The zero-order valence-electron chi connectivity index (χ0n) is 12.0. The molecule has 1 heterocycles. The summed E-state index contributed by atoms with van der Waals surface area (Å²) in [6.07, 6.45) is 1.12. The molecule has 3 heteroatoms. The van der Waals surface area contributed by atoms with Gasteiger partial charge in [-0.2, -0.15) is 0 Å². The van der Waals surface area contributed by atoms with Gasteiger partial charge < -0.3 is 10.4 Å². The van der Waals surface area contributed by atoms with Gasteiger partial charge in [0.15, 0.2) is 0 Å². The molecule has 0 aliphatic carbocycles. The maximum atomic E-state index is 9.59. The number of likely N-dealkylation sites (tertiary alicyclic amines) is 1. The Hall–Kier alpha value is -0.900. The molecule has 0 unspecified atom stereocenters. The van der Waals surface area contributed by atoms with Crippen molar-refractivity contribution in [3.63, 3.8) is 0 Å². The van der Waals surface area contributed by atoms with Crippen LogP contribution in [-0.4, -0.2) is 41.8 Å². The second-order valence-electron chi connectivity index (χ2n) is 5.88. The van der Waals surface area contributed by atoms with Crippen molar-refractivity contribution in [2.75, 3.05) is 19.7 Å². The van der Waals surface area contributed by atoms with Crippen molar-refractivity contribution in [3.8, 4) is 0 Å². The van der Waals surface area contributed by atoms with Crippen LogP contribution in [0.5, 0.6) is 0 Å². The van der Waals surface area contributed by atoms with E-state index in [0.717, 1.165) is 26.1 Å². The van der Waals surface area contributed by atoms with Crippen LogP contribution >= 0.6 is 0 Å². The minimum Gasteiger partial charge on any atom is -0.396 e. The average Bonchev–Trinajstić information content (AvgIpc) is 2.41. The maximum absolute atomic E-state index is 9.59. The molecule has 3 nitrogen and oxygen atoms in total. The van der Waals surface area contributed by atoms with Gasteiger partial charge in [0.05, 0.1) is 0 Å². The van der Waals surface area contributed by atoms with Gasteiger partial charge in [0.1, 0.15) is 0 Å². The Labute approximate surface area is 116 Å². The highest BCUT2D eigenvalue weighted by atomic mass is 16.3. The first-order chi connectivity index (χ1) is 9.19. The largest absolute Gasteiger partial charge is 0.396 e. The third kappa shape index (κ3) is 4.30. The van der Waals surface area contributed by atoms with Gasteiger partial charge in [0, 0.05) is 37.7 Å².